The van der Waals surface area contributed by atoms with Crippen molar-refractivity contribution in [3.8, 4) is 0 Å². The van der Waals surface area contributed by atoms with Crippen molar-refractivity contribution >= 4 is 40.2 Å². The van der Waals surface area contributed by atoms with Crippen LogP contribution in [0.5, 0.6) is 0 Å². The van der Waals surface area contributed by atoms with E-state index in [9.17, 15) is 15.3 Å². The van der Waals surface area contributed by atoms with E-state index in [4.69, 9.17) is 27.9 Å². The molecule has 9 nitrogen and oxygen atoms in total. The van der Waals surface area contributed by atoms with Crippen molar-refractivity contribution in [1.82, 2.24) is 19.5 Å². The number of aliphatic hydroxyl groups excluding tert-OH is 3. The van der Waals surface area contributed by atoms with Gasteiger partial charge in [0.15, 0.2) is 23.2 Å². The average Bonchev–Trinajstić information content (AvgIpc) is 3.25. The van der Waals surface area contributed by atoms with E-state index in [-0.39, 0.29) is 0 Å². The van der Waals surface area contributed by atoms with Crippen LogP contribution in [0.2, 0.25) is 10.0 Å². The number of imidazole rings is 1. The van der Waals surface area contributed by atoms with Gasteiger partial charge >= 0.3 is 0 Å². The number of benzene rings is 1. The number of hydrogen-bond donors (Lipinski definition) is 4. The Labute approximate surface area is 169 Å². The maximum atomic E-state index is 10.2. The molecule has 1 fully saturated rings. The number of aliphatic hydroxyl groups is 3. The van der Waals surface area contributed by atoms with Gasteiger partial charge < -0.3 is 25.4 Å². The molecule has 28 heavy (non-hydrogen) atoms. The van der Waals surface area contributed by atoms with Gasteiger partial charge in [0.25, 0.3) is 0 Å². The number of aromatic nitrogens is 4. The van der Waals surface area contributed by atoms with Gasteiger partial charge in [-0.3, -0.25) is 4.57 Å². The Morgan fingerprint density at radius 2 is 1.96 bits per heavy atom. The van der Waals surface area contributed by atoms with E-state index in [1.54, 1.807) is 12.1 Å². The Morgan fingerprint density at radius 1 is 1.14 bits per heavy atom. The molecule has 148 valence electrons. The van der Waals surface area contributed by atoms with E-state index in [0.717, 1.165) is 5.56 Å². The van der Waals surface area contributed by atoms with Crippen LogP contribution in [0.4, 0.5) is 5.82 Å². The quantitative estimate of drug-likeness (QED) is 0.482. The topological polar surface area (TPSA) is 126 Å². The summed E-state index contributed by atoms with van der Waals surface area (Å²) in [6, 6.07) is 5.35. The molecular formula is C17H17Cl2N5O4. The molecular weight excluding hydrogens is 409 g/mol. The number of ether oxygens (including phenoxy) is 1. The zero-order valence-electron chi connectivity index (χ0n) is 14.4. The van der Waals surface area contributed by atoms with Crippen molar-refractivity contribution in [1.29, 1.82) is 0 Å². The summed E-state index contributed by atoms with van der Waals surface area (Å²) in [5.74, 6) is 0.464. The second-order valence-corrected chi connectivity index (χ2v) is 7.13. The van der Waals surface area contributed by atoms with Crippen LogP contribution in [0.15, 0.2) is 30.9 Å². The van der Waals surface area contributed by atoms with Crippen LogP contribution < -0.4 is 5.32 Å². The summed E-state index contributed by atoms with van der Waals surface area (Å²) < 4.78 is 7.04. The van der Waals surface area contributed by atoms with Crippen LogP contribution in [0.3, 0.4) is 0 Å². The molecule has 2 aromatic heterocycles. The number of anilines is 1. The van der Waals surface area contributed by atoms with Crippen LogP contribution in [0.25, 0.3) is 11.2 Å². The molecule has 0 unspecified atom stereocenters. The van der Waals surface area contributed by atoms with Gasteiger partial charge in [-0.1, -0.05) is 35.3 Å². The van der Waals surface area contributed by atoms with Crippen molar-refractivity contribution in [3.63, 3.8) is 0 Å². The van der Waals surface area contributed by atoms with Crippen LogP contribution in [0, 0.1) is 0 Å². The third kappa shape index (κ3) is 3.30. The first kappa shape index (κ1) is 19.3. The van der Waals surface area contributed by atoms with E-state index >= 15 is 0 Å². The molecule has 0 radical (unpaired) electrons. The van der Waals surface area contributed by atoms with E-state index in [2.05, 4.69) is 20.3 Å². The third-order valence-corrected chi connectivity index (χ3v) is 5.49. The van der Waals surface area contributed by atoms with Crippen molar-refractivity contribution in [2.45, 2.75) is 31.1 Å². The highest BCUT2D eigenvalue weighted by atomic mass is 35.5. The van der Waals surface area contributed by atoms with Gasteiger partial charge in [0, 0.05) is 6.54 Å². The second kappa shape index (κ2) is 7.78. The van der Waals surface area contributed by atoms with Crippen LogP contribution in [0.1, 0.15) is 11.8 Å². The molecule has 0 aliphatic carbocycles. The van der Waals surface area contributed by atoms with Gasteiger partial charge in [-0.2, -0.15) is 0 Å². The van der Waals surface area contributed by atoms with E-state index in [1.807, 2.05) is 6.07 Å². The average molecular weight is 426 g/mol. The molecule has 1 saturated heterocycles. The predicted molar refractivity (Wildman–Crippen MR) is 102 cm³/mol. The molecule has 3 heterocycles. The maximum absolute atomic E-state index is 10.2. The minimum Gasteiger partial charge on any atom is -0.394 e. The summed E-state index contributed by atoms with van der Waals surface area (Å²) in [6.45, 7) is -0.0459. The summed E-state index contributed by atoms with van der Waals surface area (Å²) in [5.41, 5.74) is 1.66. The van der Waals surface area contributed by atoms with Gasteiger partial charge in [-0.25, -0.2) is 15.0 Å². The van der Waals surface area contributed by atoms with Crippen molar-refractivity contribution < 1.29 is 20.1 Å². The van der Waals surface area contributed by atoms with Gasteiger partial charge in [0.1, 0.15) is 24.6 Å². The molecule has 0 saturated carbocycles. The molecule has 1 aromatic carbocycles. The molecule has 0 spiro atoms. The van der Waals surface area contributed by atoms with E-state index < -0.39 is 31.1 Å². The van der Waals surface area contributed by atoms with E-state index in [1.165, 1.54) is 17.2 Å². The van der Waals surface area contributed by atoms with Crippen molar-refractivity contribution in [2.75, 3.05) is 11.9 Å². The largest absolute Gasteiger partial charge is 0.394 e. The monoisotopic (exact) mass is 425 g/mol. The molecule has 4 N–H and O–H groups in total. The number of rotatable bonds is 5. The lowest BCUT2D eigenvalue weighted by Crippen LogP contribution is -2.33. The highest BCUT2D eigenvalue weighted by Crippen LogP contribution is 2.32. The third-order valence-electron chi connectivity index (χ3n) is 4.63. The first-order valence-electron chi connectivity index (χ1n) is 8.48. The summed E-state index contributed by atoms with van der Waals surface area (Å²) in [4.78, 5) is 12.7. The normalized spacial score (nSPS) is 24.8. The zero-order chi connectivity index (χ0) is 19.8. The van der Waals surface area contributed by atoms with E-state index in [0.29, 0.717) is 33.6 Å². The fourth-order valence-corrected chi connectivity index (χ4v) is 3.53. The molecule has 4 atom stereocenters. The minimum atomic E-state index is -1.23. The smallest absolute Gasteiger partial charge is 0.167 e. The molecule has 0 bridgehead atoms. The second-order valence-electron chi connectivity index (χ2n) is 6.34. The first-order valence-corrected chi connectivity index (χ1v) is 9.23. The lowest BCUT2D eigenvalue weighted by molar-refractivity contribution is -0.0511. The van der Waals surface area contributed by atoms with Gasteiger partial charge in [0.05, 0.1) is 23.0 Å². The fraction of sp³-hybridized carbons (Fsp3) is 0.353. The minimum absolute atomic E-state index is 0.367. The standard InChI is InChI=1S/C17H17Cl2N5O4/c18-9-3-1-2-8(11(9)19)4-20-15-12-16(22-6-21-15)24(7-23-12)17-14(27)13(26)10(5-25)28-17/h1-3,6-7,10,13-14,17,25-27H,4-5H2,(H,20,21,22)/t10-,13-,14-,17-/m1/s1. The number of nitrogens with zero attached hydrogens (tertiary/aromatic N) is 4. The van der Waals surface area contributed by atoms with Gasteiger partial charge in [-0.05, 0) is 11.6 Å². The lowest BCUT2D eigenvalue weighted by Gasteiger charge is -2.16. The van der Waals surface area contributed by atoms with Crippen molar-refractivity contribution in [2.24, 2.45) is 0 Å². The molecule has 4 rings (SSSR count). The Hall–Kier alpha value is -2.01. The van der Waals surface area contributed by atoms with Crippen molar-refractivity contribution in [3.05, 3.63) is 46.5 Å². The SMILES string of the molecule is OC[C@H]1O[C@@H](n2cnc3c(NCc4cccc(Cl)c4Cl)ncnc32)[C@H](O)[C@@H]1O. The summed E-state index contributed by atoms with van der Waals surface area (Å²) in [6.07, 6.45) is -1.46. The highest BCUT2D eigenvalue weighted by molar-refractivity contribution is 6.42. The number of nitrogens with one attached hydrogen (secondary N) is 1. The van der Waals surface area contributed by atoms with Crippen LogP contribution in [-0.2, 0) is 11.3 Å². The summed E-state index contributed by atoms with van der Waals surface area (Å²) in [7, 11) is 0. The number of hydrogen-bond acceptors (Lipinski definition) is 8. The molecule has 11 heteroatoms. The van der Waals surface area contributed by atoms with Gasteiger partial charge in [-0.15, -0.1) is 0 Å². The number of halogens is 2. The van der Waals surface area contributed by atoms with Crippen LogP contribution >= 0.6 is 23.2 Å². The highest BCUT2D eigenvalue weighted by Gasteiger charge is 2.44. The summed E-state index contributed by atoms with van der Waals surface area (Å²) in [5, 5.41) is 33.6. The Kier molecular flexibility index (Phi) is 5.37. The fourth-order valence-electron chi connectivity index (χ4n) is 3.14. The molecule has 0 amide bonds. The zero-order valence-corrected chi connectivity index (χ0v) is 15.9. The molecule has 1 aliphatic rings. The summed E-state index contributed by atoms with van der Waals surface area (Å²) >= 11 is 12.3. The molecule has 1 aliphatic heterocycles. The first-order chi connectivity index (χ1) is 13.5. The number of fused-ring (bicyclic) bond motifs is 1. The Bertz CT molecular complexity index is 1000. The van der Waals surface area contributed by atoms with Gasteiger partial charge in [0.2, 0.25) is 0 Å². The lowest BCUT2D eigenvalue weighted by atomic mass is 10.1. The maximum Gasteiger partial charge on any atom is 0.167 e. The predicted octanol–water partition coefficient (Wildman–Crippen LogP) is 1.36. The molecule has 3 aromatic rings. The Morgan fingerprint density at radius 3 is 2.71 bits per heavy atom. The Balaban J connectivity index is 1.61. The van der Waals surface area contributed by atoms with Crippen LogP contribution in [-0.4, -0.2) is 59.8 Å².